The number of nitrogen functional groups attached to an aromatic ring is 2. The van der Waals surface area contributed by atoms with Crippen molar-refractivity contribution < 1.29 is 94.6 Å². The Morgan fingerprint density at radius 3 is 1.22 bits per heavy atom. The first kappa shape index (κ1) is 38.6. The first-order valence-corrected chi connectivity index (χ1v) is 16.8. The molecule has 0 saturated carbocycles. The summed E-state index contributed by atoms with van der Waals surface area (Å²) in [6.07, 6.45) is 0. The van der Waals surface area contributed by atoms with E-state index in [1.165, 1.54) is 36.4 Å². The molecule has 0 radical (unpaired) electrons. The van der Waals surface area contributed by atoms with Gasteiger partial charge in [0, 0.05) is 8.95 Å². The van der Waals surface area contributed by atoms with E-state index in [0.717, 1.165) is 0 Å². The van der Waals surface area contributed by atoms with Crippen LogP contribution < -0.4 is 81.2 Å². The largest absolute Gasteiger partial charge is 1.00 e. The number of aryl methyl sites for hydroxylation is 2. The van der Waals surface area contributed by atoms with Gasteiger partial charge in [0.15, 0.2) is 11.6 Å². The molecule has 1 aliphatic rings. The summed E-state index contributed by atoms with van der Waals surface area (Å²) in [5.41, 5.74) is 11.9. The topological polar surface area (TPSA) is 225 Å². The average molecular weight is 810 g/mol. The van der Waals surface area contributed by atoms with Crippen LogP contribution in [0.25, 0.3) is 0 Å². The number of ketones is 2. The number of anilines is 6. The molecule has 0 heterocycles. The van der Waals surface area contributed by atoms with Crippen LogP contribution in [0.4, 0.5) is 34.1 Å². The number of nitrogens with two attached hydrogens (primary N) is 2. The zero-order valence-corrected chi connectivity index (χ0v) is 33.4. The van der Waals surface area contributed by atoms with Gasteiger partial charge in [-0.3, -0.25) is 9.59 Å². The van der Waals surface area contributed by atoms with E-state index in [9.17, 15) is 35.5 Å². The van der Waals surface area contributed by atoms with Gasteiger partial charge in [0.05, 0.1) is 66.2 Å². The van der Waals surface area contributed by atoms with Crippen molar-refractivity contribution in [2.45, 2.75) is 23.6 Å². The van der Waals surface area contributed by atoms with Crippen LogP contribution in [0.5, 0.6) is 0 Å². The van der Waals surface area contributed by atoms with Crippen molar-refractivity contribution in [1.29, 1.82) is 0 Å². The Morgan fingerprint density at radius 1 is 0.587 bits per heavy atom. The molecule has 5 rings (SSSR count). The molecule has 0 bridgehead atoms. The molecule has 4 aromatic carbocycles. The number of benzene rings is 4. The summed E-state index contributed by atoms with van der Waals surface area (Å²) in [5.74, 6) is -1.56. The molecular formula is C28H20Br2N4Na2O8S2. The molecule has 0 atom stereocenters. The van der Waals surface area contributed by atoms with E-state index < -0.39 is 41.6 Å². The van der Waals surface area contributed by atoms with Crippen LogP contribution >= 0.6 is 31.9 Å². The summed E-state index contributed by atoms with van der Waals surface area (Å²) in [4.78, 5) is 27.2. The van der Waals surface area contributed by atoms with Gasteiger partial charge in [0.25, 0.3) is 0 Å². The number of hydrogen-bond donors (Lipinski definition) is 4. The summed E-state index contributed by atoms with van der Waals surface area (Å²) < 4.78 is 72.5. The SMILES string of the molecule is Cc1ccc(Nc2cc(Br)c(N)c3c2C(=O)c2c(N)c(Br)cc(Nc4ccc(C)cc4S(=O)(=O)[O-])c2C3=O)c(S(=O)(=O)[O-])c1.[Na+].[Na+]. The summed E-state index contributed by atoms with van der Waals surface area (Å²) in [5, 5.41) is 5.59. The molecule has 0 aliphatic heterocycles. The minimum Gasteiger partial charge on any atom is -0.744 e. The van der Waals surface area contributed by atoms with E-state index in [1.54, 1.807) is 26.0 Å². The van der Waals surface area contributed by atoms with E-state index >= 15 is 0 Å². The minimum atomic E-state index is -4.95. The third-order valence-corrected chi connectivity index (χ3v) is 9.96. The number of nitrogens with one attached hydrogen (secondary N) is 2. The number of carbonyl (C=O) groups excluding carboxylic acids is 2. The predicted octanol–water partition coefficient (Wildman–Crippen LogP) is -0.928. The second-order valence-corrected chi connectivity index (χ2v) is 14.4. The molecule has 228 valence electrons. The summed E-state index contributed by atoms with van der Waals surface area (Å²) in [6.45, 7) is 3.19. The normalized spacial score (nSPS) is 12.4. The average Bonchev–Trinajstić information content (AvgIpc) is 2.91. The Bertz CT molecular complexity index is 2040. The fourth-order valence-electron chi connectivity index (χ4n) is 4.89. The van der Waals surface area contributed by atoms with E-state index in [-0.39, 0.29) is 124 Å². The van der Waals surface area contributed by atoms with Gasteiger partial charge >= 0.3 is 59.1 Å². The van der Waals surface area contributed by atoms with Crippen molar-refractivity contribution >= 4 is 97.8 Å². The Labute approximate surface area is 325 Å². The fourth-order valence-corrected chi connectivity index (χ4v) is 7.18. The van der Waals surface area contributed by atoms with E-state index in [1.807, 2.05) is 0 Å². The molecule has 4 aromatic rings. The molecule has 46 heavy (non-hydrogen) atoms. The van der Waals surface area contributed by atoms with Gasteiger partial charge < -0.3 is 31.2 Å². The molecule has 1 aliphatic carbocycles. The van der Waals surface area contributed by atoms with Gasteiger partial charge in [-0.1, -0.05) is 12.1 Å². The van der Waals surface area contributed by atoms with E-state index in [2.05, 4.69) is 42.5 Å². The first-order chi connectivity index (χ1) is 20.4. The second-order valence-electron chi connectivity index (χ2n) is 9.95. The van der Waals surface area contributed by atoms with Crippen LogP contribution in [0, 0.1) is 13.8 Å². The van der Waals surface area contributed by atoms with Crippen LogP contribution in [0.2, 0.25) is 0 Å². The number of fused-ring (bicyclic) bond motifs is 2. The van der Waals surface area contributed by atoms with Crippen molar-refractivity contribution in [3.63, 3.8) is 0 Å². The first-order valence-electron chi connectivity index (χ1n) is 12.4. The van der Waals surface area contributed by atoms with Gasteiger partial charge in [-0.05, 0) is 93.2 Å². The summed E-state index contributed by atoms with van der Waals surface area (Å²) in [7, 11) is -9.91. The molecule has 0 fully saturated rings. The van der Waals surface area contributed by atoms with Gasteiger partial charge in [-0.15, -0.1) is 0 Å². The third-order valence-electron chi connectivity index (χ3n) is 6.89. The number of halogens is 2. The molecule has 0 aromatic heterocycles. The van der Waals surface area contributed by atoms with Crippen molar-refractivity contribution in [3.05, 3.63) is 90.9 Å². The van der Waals surface area contributed by atoms with Crippen molar-refractivity contribution in [2.75, 3.05) is 22.1 Å². The standard InChI is InChI=1S/C28H22Br2N4O8S2.2Na/c1-11-3-5-15(19(7-11)43(37,38)39)33-17-9-13(29)25(31)23-21(17)27(35)24-22(28(23)36)18(10-14(30)26(24)32)34-16-6-4-12(2)8-20(16)44(40,41)42;;/h3-10,33-34H,31-32H2,1-2H3,(H,37,38,39)(H,40,41,42);;/q;2*+1/p-2. The molecule has 0 amide bonds. The Morgan fingerprint density at radius 2 is 0.913 bits per heavy atom. The second kappa shape index (κ2) is 14.0. The summed E-state index contributed by atoms with van der Waals surface area (Å²) >= 11 is 6.55. The molecule has 12 nitrogen and oxygen atoms in total. The van der Waals surface area contributed by atoms with E-state index in [0.29, 0.717) is 11.1 Å². The van der Waals surface area contributed by atoms with Crippen LogP contribution in [0.1, 0.15) is 43.0 Å². The van der Waals surface area contributed by atoms with Gasteiger partial charge in [-0.2, -0.15) is 0 Å². The molecule has 0 unspecified atom stereocenters. The Hall–Kier alpha value is -1.80. The monoisotopic (exact) mass is 808 g/mol. The maximum Gasteiger partial charge on any atom is 1.00 e. The molecular weight excluding hydrogens is 790 g/mol. The quantitative estimate of drug-likeness (QED) is 0.0928. The van der Waals surface area contributed by atoms with Gasteiger partial charge in [0.2, 0.25) is 0 Å². The minimum absolute atomic E-state index is 0. The predicted molar refractivity (Wildman–Crippen MR) is 169 cm³/mol. The van der Waals surface area contributed by atoms with Gasteiger partial charge in [0.1, 0.15) is 20.2 Å². The molecule has 18 heteroatoms. The molecule has 0 spiro atoms. The van der Waals surface area contributed by atoms with Crippen LogP contribution in [0.3, 0.4) is 0 Å². The van der Waals surface area contributed by atoms with E-state index in [4.69, 9.17) is 11.5 Å². The molecule has 6 N–H and O–H groups in total. The van der Waals surface area contributed by atoms with Crippen LogP contribution in [-0.2, 0) is 20.2 Å². The third kappa shape index (κ3) is 7.13. The summed E-state index contributed by atoms with van der Waals surface area (Å²) in [6, 6.07) is 10.8. The maximum atomic E-state index is 14.2. The number of carbonyl (C=O) groups is 2. The number of hydrogen-bond acceptors (Lipinski definition) is 12. The maximum absolute atomic E-state index is 14.2. The zero-order chi connectivity index (χ0) is 32.5. The Balaban J connectivity index is 0.00000288. The molecule has 0 saturated heterocycles. The smallest absolute Gasteiger partial charge is 0.744 e. The van der Waals surface area contributed by atoms with Crippen molar-refractivity contribution in [2.24, 2.45) is 0 Å². The van der Waals surface area contributed by atoms with Gasteiger partial charge in [-0.25, -0.2) is 16.8 Å². The van der Waals surface area contributed by atoms with Crippen LogP contribution in [-0.4, -0.2) is 37.5 Å². The van der Waals surface area contributed by atoms with Crippen molar-refractivity contribution in [3.8, 4) is 0 Å². The Kier molecular flexibility index (Phi) is 11.7. The number of rotatable bonds is 6. The van der Waals surface area contributed by atoms with Crippen LogP contribution in [0.15, 0.2) is 67.3 Å². The zero-order valence-electron chi connectivity index (χ0n) is 24.6. The fraction of sp³-hybridized carbons (Fsp3) is 0.0714. The van der Waals surface area contributed by atoms with Crippen molar-refractivity contribution in [1.82, 2.24) is 0 Å².